The van der Waals surface area contributed by atoms with E-state index in [1.54, 1.807) is 19.9 Å². The fourth-order valence-corrected chi connectivity index (χ4v) is 1.21. The maximum absolute atomic E-state index is 9.55. The van der Waals surface area contributed by atoms with Crippen molar-refractivity contribution in [3.8, 4) is 11.8 Å². The molecule has 0 unspecified atom stereocenters. The van der Waals surface area contributed by atoms with Gasteiger partial charge in [0.2, 0.25) is 0 Å². The van der Waals surface area contributed by atoms with Gasteiger partial charge in [0.15, 0.2) is 0 Å². The average molecular weight is 175 g/mol. The van der Waals surface area contributed by atoms with Crippen LogP contribution in [0.4, 0.5) is 0 Å². The van der Waals surface area contributed by atoms with Gasteiger partial charge in [0.05, 0.1) is 11.5 Å². The van der Waals surface area contributed by atoms with Gasteiger partial charge in [-0.1, -0.05) is 17.7 Å². The van der Waals surface area contributed by atoms with Crippen molar-refractivity contribution >= 4 is 0 Å². The molecule has 0 fully saturated rings. The fraction of sp³-hybridized carbons (Fsp3) is 0.364. The van der Waals surface area contributed by atoms with Crippen molar-refractivity contribution in [3.63, 3.8) is 0 Å². The maximum atomic E-state index is 9.55. The van der Waals surface area contributed by atoms with Crippen LogP contribution in [0.25, 0.3) is 0 Å². The second-order valence-corrected chi connectivity index (χ2v) is 3.76. The number of phenolic OH excluding ortho intramolecular Hbond substituents is 1. The van der Waals surface area contributed by atoms with Crippen molar-refractivity contribution in [1.29, 1.82) is 5.26 Å². The zero-order valence-electron chi connectivity index (χ0n) is 8.13. The van der Waals surface area contributed by atoms with Gasteiger partial charge in [-0.3, -0.25) is 0 Å². The van der Waals surface area contributed by atoms with Crippen molar-refractivity contribution in [2.75, 3.05) is 0 Å². The van der Waals surface area contributed by atoms with Crippen LogP contribution in [-0.2, 0) is 5.41 Å². The summed E-state index contributed by atoms with van der Waals surface area (Å²) in [7, 11) is 0. The number of benzene rings is 1. The number of aromatic hydroxyl groups is 1. The first-order valence-electron chi connectivity index (χ1n) is 4.19. The van der Waals surface area contributed by atoms with E-state index in [-0.39, 0.29) is 5.75 Å². The Bertz CT molecular complexity index is 361. The molecule has 0 amide bonds. The van der Waals surface area contributed by atoms with Crippen molar-refractivity contribution in [2.45, 2.75) is 26.2 Å². The number of hydrogen-bond donors (Lipinski definition) is 1. The average Bonchev–Trinajstić information content (AvgIpc) is 2.09. The molecule has 2 heteroatoms. The maximum Gasteiger partial charge on any atom is 0.120 e. The summed E-state index contributed by atoms with van der Waals surface area (Å²) in [6.45, 7) is 5.53. The second kappa shape index (κ2) is 3.10. The van der Waals surface area contributed by atoms with Crippen LogP contribution in [-0.4, -0.2) is 5.11 Å². The zero-order valence-corrected chi connectivity index (χ0v) is 8.13. The number of rotatable bonds is 1. The van der Waals surface area contributed by atoms with Gasteiger partial charge < -0.3 is 5.11 Å². The molecule has 0 spiro atoms. The van der Waals surface area contributed by atoms with Crippen molar-refractivity contribution in [2.24, 2.45) is 0 Å². The molecule has 1 aromatic rings. The summed E-state index contributed by atoms with van der Waals surface area (Å²) in [4.78, 5) is 0. The molecule has 0 aliphatic carbocycles. The topological polar surface area (TPSA) is 44.0 Å². The second-order valence-electron chi connectivity index (χ2n) is 3.76. The van der Waals surface area contributed by atoms with Gasteiger partial charge in [-0.2, -0.15) is 5.26 Å². The molecule has 1 rings (SSSR count). The molecule has 0 aromatic heterocycles. The van der Waals surface area contributed by atoms with Gasteiger partial charge in [-0.05, 0) is 26.8 Å². The van der Waals surface area contributed by atoms with Crippen LogP contribution in [0, 0.1) is 18.3 Å². The standard InChI is InChI=1S/C11H13NO/c1-8-4-5-10(13)9(6-8)11(2,3)7-12/h4-6,13H,1-3H3. The van der Waals surface area contributed by atoms with Gasteiger partial charge in [-0.25, -0.2) is 0 Å². The molecule has 1 N–H and O–H groups in total. The van der Waals surface area contributed by atoms with E-state index in [1.807, 2.05) is 19.1 Å². The lowest BCUT2D eigenvalue weighted by Gasteiger charge is -2.17. The largest absolute Gasteiger partial charge is 0.508 e. The minimum absolute atomic E-state index is 0.192. The number of hydrogen-bond acceptors (Lipinski definition) is 2. The summed E-state index contributed by atoms with van der Waals surface area (Å²) in [5.74, 6) is 0.192. The molecule has 1 aromatic carbocycles. The molecule has 0 saturated carbocycles. The SMILES string of the molecule is Cc1ccc(O)c(C(C)(C)C#N)c1. The number of aryl methyl sites for hydroxylation is 1. The minimum Gasteiger partial charge on any atom is -0.508 e. The first-order valence-corrected chi connectivity index (χ1v) is 4.19. The Hall–Kier alpha value is -1.49. The van der Waals surface area contributed by atoms with Crippen LogP contribution >= 0.6 is 0 Å². The molecule has 13 heavy (non-hydrogen) atoms. The highest BCUT2D eigenvalue weighted by Crippen LogP contribution is 2.30. The van der Waals surface area contributed by atoms with Crippen molar-refractivity contribution < 1.29 is 5.11 Å². The molecule has 68 valence electrons. The third kappa shape index (κ3) is 1.81. The molecular weight excluding hydrogens is 162 g/mol. The third-order valence-electron chi connectivity index (χ3n) is 2.10. The predicted molar refractivity (Wildman–Crippen MR) is 51.5 cm³/mol. The normalized spacial score (nSPS) is 10.9. The van der Waals surface area contributed by atoms with Gasteiger partial charge >= 0.3 is 0 Å². The highest BCUT2D eigenvalue weighted by atomic mass is 16.3. The summed E-state index contributed by atoms with van der Waals surface area (Å²) in [5, 5.41) is 18.5. The lowest BCUT2D eigenvalue weighted by atomic mass is 9.85. The summed E-state index contributed by atoms with van der Waals surface area (Å²) >= 11 is 0. The van der Waals surface area contributed by atoms with Crippen molar-refractivity contribution in [1.82, 2.24) is 0 Å². The van der Waals surface area contributed by atoms with Gasteiger partial charge in [-0.15, -0.1) is 0 Å². The van der Waals surface area contributed by atoms with E-state index in [2.05, 4.69) is 6.07 Å². The number of nitriles is 1. The van der Waals surface area contributed by atoms with E-state index in [1.165, 1.54) is 0 Å². The predicted octanol–water partition coefficient (Wildman–Crippen LogP) is 2.50. The summed E-state index contributed by atoms with van der Waals surface area (Å²) in [6, 6.07) is 7.47. The Morgan fingerprint density at radius 1 is 1.38 bits per heavy atom. The Labute approximate surface area is 78.4 Å². The first-order chi connectivity index (χ1) is 5.97. The minimum atomic E-state index is -0.629. The fourth-order valence-electron chi connectivity index (χ4n) is 1.21. The Kier molecular flexibility index (Phi) is 2.29. The monoisotopic (exact) mass is 175 g/mol. The molecule has 0 aliphatic heterocycles. The van der Waals surface area contributed by atoms with Crippen LogP contribution in [0.1, 0.15) is 25.0 Å². The molecule has 0 bridgehead atoms. The van der Waals surface area contributed by atoms with Crippen molar-refractivity contribution in [3.05, 3.63) is 29.3 Å². The number of nitrogens with zero attached hydrogens (tertiary/aromatic N) is 1. The van der Waals surface area contributed by atoms with E-state index in [0.717, 1.165) is 5.56 Å². The van der Waals surface area contributed by atoms with Crippen LogP contribution in [0.2, 0.25) is 0 Å². The third-order valence-corrected chi connectivity index (χ3v) is 2.10. The van der Waals surface area contributed by atoms with Crippen LogP contribution in [0.5, 0.6) is 5.75 Å². The van der Waals surface area contributed by atoms with Gasteiger partial charge in [0, 0.05) is 5.56 Å². The molecule has 0 saturated heterocycles. The summed E-state index contributed by atoms with van der Waals surface area (Å²) in [6.07, 6.45) is 0. The lowest BCUT2D eigenvalue weighted by Crippen LogP contribution is -2.14. The smallest absolute Gasteiger partial charge is 0.120 e. The van der Waals surface area contributed by atoms with Gasteiger partial charge in [0.1, 0.15) is 5.75 Å². The van der Waals surface area contributed by atoms with E-state index in [9.17, 15) is 5.11 Å². The molecule has 2 nitrogen and oxygen atoms in total. The molecule has 0 aliphatic rings. The number of phenols is 1. The highest BCUT2D eigenvalue weighted by Gasteiger charge is 2.23. The molecule has 0 heterocycles. The van der Waals surface area contributed by atoms with Gasteiger partial charge in [0.25, 0.3) is 0 Å². The van der Waals surface area contributed by atoms with Crippen LogP contribution in [0.3, 0.4) is 0 Å². The summed E-state index contributed by atoms with van der Waals surface area (Å²) in [5.41, 5.74) is 1.11. The van der Waals surface area contributed by atoms with Crippen LogP contribution < -0.4 is 0 Å². The van der Waals surface area contributed by atoms with E-state index >= 15 is 0 Å². The van der Waals surface area contributed by atoms with E-state index in [0.29, 0.717) is 5.56 Å². The zero-order chi connectivity index (χ0) is 10.1. The highest BCUT2D eigenvalue weighted by molar-refractivity contribution is 5.43. The van der Waals surface area contributed by atoms with E-state index < -0.39 is 5.41 Å². The van der Waals surface area contributed by atoms with E-state index in [4.69, 9.17) is 5.26 Å². The Morgan fingerprint density at radius 3 is 2.54 bits per heavy atom. The first kappa shape index (κ1) is 9.60. The van der Waals surface area contributed by atoms with Crippen LogP contribution in [0.15, 0.2) is 18.2 Å². The Balaban J connectivity index is 3.30. The Morgan fingerprint density at radius 2 is 2.00 bits per heavy atom. The molecule has 0 radical (unpaired) electrons. The lowest BCUT2D eigenvalue weighted by molar-refractivity contribution is 0.456. The summed E-state index contributed by atoms with van der Waals surface area (Å²) < 4.78 is 0. The molecular formula is C11H13NO. The quantitative estimate of drug-likeness (QED) is 0.712. The molecule has 0 atom stereocenters.